The molecule has 0 spiro atoms. The summed E-state index contributed by atoms with van der Waals surface area (Å²) in [6, 6.07) is 5.26. The number of rotatable bonds is 3. The third-order valence-corrected chi connectivity index (χ3v) is 3.69. The molecule has 1 aromatic rings. The summed E-state index contributed by atoms with van der Waals surface area (Å²) in [4.78, 5) is 0. The van der Waals surface area contributed by atoms with E-state index in [2.05, 4.69) is 12.3 Å². The predicted molar refractivity (Wildman–Crippen MR) is 70.1 cm³/mol. The normalized spacial score (nSPS) is 26.1. The summed E-state index contributed by atoms with van der Waals surface area (Å²) in [5, 5.41) is 1.30. The molecule has 1 fully saturated rings. The van der Waals surface area contributed by atoms with Gasteiger partial charge in [-0.05, 0) is 43.5 Å². The highest BCUT2D eigenvalue weighted by molar-refractivity contribution is 6.33. The lowest BCUT2D eigenvalue weighted by molar-refractivity contribution is 0.0316. The number of hydrogen-bond acceptors (Lipinski definition) is 3. The summed E-state index contributed by atoms with van der Waals surface area (Å²) >= 11 is 12.2. The summed E-state index contributed by atoms with van der Waals surface area (Å²) in [5.41, 5.74) is 3.67. The Morgan fingerprint density at radius 2 is 2.18 bits per heavy atom. The van der Waals surface area contributed by atoms with Crippen LogP contribution in [0.4, 0.5) is 0 Å². The van der Waals surface area contributed by atoms with Gasteiger partial charge >= 0.3 is 0 Å². The molecule has 2 rings (SSSR count). The lowest BCUT2D eigenvalue weighted by Gasteiger charge is -2.24. The van der Waals surface area contributed by atoms with Crippen molar-refractivity contribution in [1.29, 1.82) is 0 Å². The molecule has 3 atom stereocenters. The van der Waals surface area contributed by atoms with Gasteiger partial charge in [-0.2, -0.15) is 0 Å². The predicted octanol–water partition coefficient (Wildman–Crippen LogP) is 3.07. The molecule has 1 aromatic carbocycles. The van der Waals surface area contributed by atoms with Crippen LogP contribution in [0.5, 0.6) is 0 Å². The Morgan fingerprint density at radius 1 is 1.41 bits per heavy atom. The maximum atomic E-state index is 6.17. The molecule has 0 amide bonds. The van der Waals surface area contributed by atoms with Crippen molar-refractivity contribution < 1.29 is 4.74 Å². The van der Waals surface area contributed by atoms with Crippen LogP contribution in [-0.2, 0) is 4.74 Å². The third-order valence-electron chi connectivity index (χ3n) is 3.11. The van der Waals surface area contributed by atoms with Crippen molar-refractivity contribution in [2.24, 2.45) is 5.84 Å². The van der Waals surface area contributed by atoms with Gasteiger partial charge in [0.1, 0.15) is 0 Å². The molecule has 3 unspecified atom stereocenters. The minimum absolute atomic E-state index is 0.0472. The van der Waals surface area contributed by atoms with Gasteiger partial charge in [-0.15, -0.1) is 0 Å². The first-order chi connectivity index (χ1) is 8.11. The molecule has 0 aliphatic carbocycles. The van der Waals surface area contributed by atoms with Crippen LogP contribution in [0.1, 0.15) is 31.4 Å². The zero-order valence-corrected chi connectivity index (χ0v) is 11.1. The van der Waals surface area contributed by atoms with E-state index in [-0.39, 0.29) is 18.2 Å². The van der Waals surface area contributed by atoms with Gasteiger partial charge in [0.05, 0.1) is 18.2 Å². The number of halogens is 2. The van der Waals surface area contributed by atoms with Crippen molar-refractivity contribution >= 4 is 23.2 Å². The van der Waals surface area contributed by atoms with Crippen molar-refractivity contribution in [2.45, 2.75) is 38.0 Å². The number of ether oxygens (including phenoxy) is 1. The Labute approximate surface area is 111 Å². The molecule has 1 aliphatic rings. The minimum atomic E-state index is -0.119. The second kappa shape index (κ2) is 5.55. The lowest BCUT2D eigenvalue weighted by atomic mass is 10.00. The first-order valence-electron chi connectivity index (χ1n) is 5.68. The fourth-order valence-corrected chi connectivity index (χ4v) is 2.64. The standard InChI is InChI=1S/C12H16Cl2N2O/c1-7-2-5-11(17-7)12(16-15)9-6-8(13)3-4-10(9)14/h3-4,6-7,11-12,16H,2,5,15H2,1H3. The van der Waals surface area contributed by atoms with Crippen molar-refractivity contribution in [2.75, 3.05) is 0 Å². The monoisotopic (exact) mass is 274 g/mol. The van der Waals surface area contributed by atoms with Gasteiger partial charge in [0.15, 0.2) is 0 Å². The lowest BCUT2D eigenvalue weighted by Crippen LogP contribution is -2.36. The molecular weight excluding hydrogens is 259 g/mol. The fourth-order valence-electron chi connectivity index (χ4n) is 2.23. The smallest absolute Gasteiger partial charge is 0.0787 e. The largest absolute Gasteiger partial charge is 0.373 e. The van der Waals surface area contributed by atoms with Crippen LogP contribution in [0, 0.1) is 0 Å². The van der Waals surface area contributed by atoms with Gasteiger partial charge in [0.2, 0.25) is 0 Å². The van der Waals surface area contributed by atoms with Crippen molar-refractivity contribution in [3.8, 4) is 0 Å². The van der Waals surface area contributed by atoms with Crippen LogP contribution in [0.2, 0.25) is 10.0 Å². The van der Waals surface area contributed by atoms with E-state index in [9.17, 15) is 0 Å². The highest BCUT2D eigenvalue weighted by Gasteiger charge is 2.31. The SMILES string of the molecule is CC1CCC(C(NN)c2cc(Cl)ccc2Cl)O1. The minimum Gasteiger partial charge on any atom is -0.373 e. The van der Waals surface area contributed by atoms with Gasteiger partial charge in [-0.1, -0.05) is 23.2 Å². The van der Waals surface area contributed by atoms with E-state index in [1.807, 2.05) is 6.07 Å². The highest BCUT2D eigenvalue weighted by Crippen LogP contribution is 2.34. The van der Waals surface area contributed by atoms with Crippen LogP contribution in [0.15, 0.2) is 18.2 Å². The van der Waals surface area contributed by atoms with E-state index >= 15 is 0 Å². The second-order valence-electron chi connectivity index (χ2n) is 4.37. The van der Waals surface area contributed by atoms with E-state index in [1.54, 1.807) is 12.1 Å². The summed E-state index contributed by atoms with van der Waals surface area (Å²) in [6.45, 7) is 2.06. The maximum absolute atomic E-state index is 6.17. The zero-order chi connectivity index (χ0) is 12.4. The quantitative estimate of drug-likeness (QED) is 0.658. The molecule has 0 saturated carbocycles. The molecule has 1 aliphatic heterocycles. The maximum Gasteiger partial charge on any atom is 0.0787 e. The molecule has 17 heavy (non-hydrogen) atoms. The van der Waals surface area contributed by atoms with Crippen LogP contribution in [-0.4, -0.2) is 12.2 Å². The van der Waals surface area contributed by atoms with E-state index in [0.29, 0.717) is 10.0 Å². The summed E-state index contributed by atoms with van der Waals surface area (Å²) < 4.78 is 5.82. The van der Waals surface area contributed by atoms with Crippen molar-refractivity contribution in [3.63, 3.8) is 0 Å². The average Bonchev–Trinajstić information content (AvgIpc) is 2.71. The molecule has 0 bridgehead atoms. The number of nitrogens with one attached hydrogen (secondary N) is 1. The average molecular weight is 275 g/mol. The van der Waals surface area contributed by atoms with Gasteiger partial charge in [-0.25, -0.2) is 0 Å². The Hall–Kier alpha value is -0.320. The summed E-state index contributed by atoms with van der Waals surface area (Å²) in [5.74, 6) is 5.62. The molecule has 94 valence electrons. The molecular formula is C12H16Cl2N2O. The molecule has 0 aromatic heterocycles. The van der Waals surface area contributed by atoms with Crippen LogP contribution in [0.3, 0.4) is 0 Å². The first-order valence-corrected chi connectivity index (χ1v) is 6.44. The molecule has 0 radical (unpaired) electrons. The van der Waals surface area contributed by atoms with Crippen LogP contribution in [0.25, 0.3) is 0 Å². The Kier molecular flexibility index (Phi) is 4.28. The number of benzene rings is 1. The molecule has 3 N–H and O–H groups in total. The number of hydrazine groups is 1. The molecule has 3 nitrogen and oxygen atoms in total. The van der Waals surface area contributed by atoms with E-state index < -0.39 is 0 Å². The topological polar surface area (TPSA) is 47.3 Å². The van der Waals surface area contributed by atoms with Crippen LogP contribution < -0.4 is 11.3 Å². The molecule has 5 heteroatoms. The highest BCUT2D eigenvalue weighted by atomic mass is 35.5. The molecule has 1 saturated heterocycles. The number of hydrogen-bond donors (Lipinski definition) is 2. The zero-order valence-electron chi connectivity index (χ0n) is 9.62. The molecule has 1 heterocycles. The van der Waals surface area contributed by atoms with Crippen molar-refractivity contribution in [3.05, 3.63) is 33.8 Å². The Balaban J connectivity index is 2.25. The van der Waals surface area contributed by atoms with E-state index in [0.717, 1.165) is 18.4 Å². The van der Waals surface area contributed by atoms with Gasteiger partial charge in [-0.3, -0.25) is 11.3 Å². The Bertz CT molecular complexity index is 400. The summed E-state index contributed by atoms with van der Waals surface area (Å²) in [7, 11) is 0. The van der Waals surface area contributed by atoms with E-state index in [1.165, 1.54) is 0 Å². The van der Waals surface area contributed by atoms with Crippen molar-refractivity contribution in [1.82, 2.24) is 5.43 Å². The Morgan fingerprint density at radius 3 is 2.76 bits per heavy atom. The first kappa shape index (κ1) is 13.1. The fraction of sp³-hybridized carbons (Fsp3) is 0.500. The number of nitrogens with two attached hydrogens (primary N) is 1. The summed E-state index contributed by atoms with van der Waals surface area (Å²) in [6.07, 6.45) is 2.33. The van der Waals surface area contributed by atoms with Gasteiger partial charge in [0, 0.05) is 10.0 Å². The second-order valence-corrected chi connectivity index (χ2v) is 5.22. The third kappa shape index (κ3) is 2.92. The van der Waals surface area contributed by atoms with E-state index in [4.69, 9.17) is 33.8 Å². The van der Waals surface area contributed by atoms with Gasteiger partial charge < -0.3 is 4.74 Å². The van der Waals surface area contributed by atoms with Gasteiger partial charge in [0.25, 0.3) is 0 Å². The van der Waals surface area contributed by atoms with Crippen LogP contribution >= 0.6 is 23.2 Å².